The van der Waals surface area contributed by atoms with Crippen molar-refractivity contribution in [2.75, 3.05) is 38.3 Å². The van der Waals surface area contributed by atoms with Crippen LogP contribution < -0.4 is 4.90 Å². The topological polar surface area (TPSA) is 58.6 Å². The Morgan fingerprint density at radius 1 is 1.19 bits per heavy atom. The second kappa shape index (κ2) is 7.51. The first-order valence-electron chi connectivity index (χ1n) is 10.0. The standard InChI is InChI=1S/C20H30N4O2/c1-14-3-6-19(22-21-14)23(2)18-5-4-16-12-24(13-17(16)18)20(25)11-15-7-9-26-10-8-15/h3,6,15-18H,4-5,7-13H2,1-2H3/t16-,17+,18-/m1/s1. The summed E-state index contributed by atoms with van der Waals surface area (Å²) in [6.45, 7) is 5.43. The van der Waals surface area contributed by atoms with Crippen molar-refractivity contribution in [2.24, 2.45) is 17.8 Å². The number of nitrogens with zero attached hydrogens (tertiary/aromatic N) is 4. The Bertz CT molecular complexity index is 629. The van der Waals surface area contributed by atoms with E-state index >= 15 is 0 Å². The van der Waals surface area contributed by atoms with Crippen molar-refractivity contribution in [2.45, 2.75) is 45.1 Å². The number of amides is 1. The van der Waals surface area contributed by atoms with Gasteiger partial charge in [-0.05, 0) is 56.6 Å². The molecule has 0 bridgehead atoms. The van der Waals surface area contributed by atoms with Crippen LogP contribution in [0.3, 0.4) is 0 Å². The molecule has 142 valence electrons. The van der Waals surface area contributed by atoms with Crippen LogP contribution in [0.4, 0.5) is 5.82 Å². The molecule has 1 aromatic heterocycles. The average molecular weight is 358 g/mol. The maximum atomic E-state index is 12.8. The molecule has 0 unspecified atom stereocenters. The maximum Gasteiger partial charge on any atom is 0.222 e. The summed E-state index contributed by atoms with van der Waals surface area (Å²) in [5.74, 6) is 3.00. The van der Waals surface area contributed by atoms with Crippen LogP contribution in [0.2, 0.25) is 0 Å². The van der Waals surface area contributed by atoms with Gasteiger partial charge in [-0.3, -0.25) is 4.79 Å². The highest BCUT2D eigenvalue weighted by Crippen LogP contribution is 2.41. The number of ether oxygens (including phenoxy) is 1. The van der Waals surface area contributed by atoms with Gasteiger partial charge in [-0.2, -0.15) is 5.10 Å². The fraction of sp³-hybridized carbons (Fsp3) is 0.750. The van der Waals surface area contributed by atoms with E-state index in [2.05, 4.69) is 33.1 Å². The summed E-state index contributed by atoms with van der Waals surface area (Å²) in [7, 11) is 2.12. The third kappa shape index (κ3) is 3.56. The van der Waals surface area contributed by atoms with Gasteiger partial charge in [-0.25, -0.2) is 0 Å². The number of aromatic nitrogens is 2. The van der Waals surface area contributed by atoms with Crippen LogP contribution in [0.5, 0.6) is 0 Å². The lowest BCUT2D eigenvalue weighted by Crippen LogP contribution is -2.39. The Labute approximate surface area is 155 Å². The molecular weight excluding hydrogens is 328 g/mol. The lowest BCUT2D eigenvalue weighted by Gasteiger charge is -2.30. The number of fused-ring (bicyclic) bond motifs is 1. The van der Waals surface area contributed by atoms with Gasteiger partial charge in [0.25, 0.3) is 0 Å². The minimum Gasteiger partial charge on any atom is -0.381 e. The minimum absolute atomic E-state index is 0.350. The summed E-state index contributed by atoms with van der Waals surface area (Å²) >= 11 is 0. The van der Waals surface area contributed by atoms with Crippen molar-refractivity contribution < 1.29 is 9.53 Å². The van der Waals surface area contributed by atoms with E-state index in [1.54, 1.807) is 0 Å². The maximum absolute atomic E-state index is 12.8. The summed E-state index contributed by atoms with van der Waals surface area (Å²) in [6.07, 6.45) is 5.16. The van der Waals surface area contributed by atoms with Gasteiger partial charge in [0.05, 0.1) is 5.69 Å². The molecule has 1 saturated carbocycles. The van der Waals surface area contributed by atoms with Crippen LogP contribution in [-0.2, 0) is 9.53 Å². The first-order chi connectivity index (χ1) is 12.6. The van der Waals surface area contributed by atoms with Crippen LogP contribution in [-0.4, -0.2) is 60.4 Å². The molecular formula is C20H30N4O2. The highest BCUT2D eigenvalue weighted by atomic mass is 16.5. The molecule has 1 aromatic rings. The van der Waals surface area contributed by atoms with Crippen LogP contribution in [0.25, 0.3) is 0 Å². The second-order valence-corrected chi connectivity index (χ2v) is 8.27. The molecule has 3 aliphatic rings. The van der Waals surface area contributed by atoms with Crippen molar-refractivity contribution in [1.29, 1.82) is 0 Å². The highest BCUT2D eigenvalue weighted by Gasteiger charge is 2.45. The van der Waals surface area contributed by atoms with Crippen molar-refractivity contribution >= 4 is 11.7 Å². The van der Waals surface area contributed by atoms with Crippen LogP contribution in [0, 0.1) is 24.7 Å². The largest absolute Gasteiger partial charge is 0.381 e. The van der Waals surface area contributed by atoms with Crippen LogP contribution in [0.1, 0.15) is 37.8 Å². The molecule has 3 atom stereocenters. The third-order valence-electron chi connectivity index (χ3n) is 6.62. The van der Waals surface area contributed by atoms with Crippen molar-refractivity contribution in [1.82, 2.24) is 15.1 Å². The Balaban J connectivity index is 1.37. The first kappa shape index (κ1) is 17.7. The average Bonchev–Trinajstić information content (AvgIpc) is 3.23. The lowest BCUT2D eigenvalue weighted by atomic mass is 9.96. The summed E-state index contributed by atoms with van der Waals surface area (Å²) < 4.78 is 5.42. The van der Waals surface area contributed by atoms with Gasteiger partial charge in [0, 0.05) is 51.7 Å². The number of aryl methyl sites for hydroxylation is 1. The van der Waals surface area contributed by atoms with E-state index in [1.165, 1.54) is 12.8 Å². The van der Waals surface area contributed by atoms with Gasteiger partial charge in [0.1, 0.15) is 0 Å². The molecule has 3 heterocycles. The fourth-order valence-corrected chi connectivity index (χ4v) is 5.00. The number of likely N-dealkylation sites (tertiary alicyclic amines) is 1. The lowest BCUT2D eigenvalue weighted by molar-refractivity contribution is -0.132. The predicted octanol–water partition coefficient (Wildman–Crippen LogP) is 2.27. The molecule has 4 rings (SSSR count). The Hall–Kier alpha value is -1.69. The molecule has 6 nitrogen and oxygen atoms in total. The monoisotopic (exact) mass is 358 g/mol. The molecule has 2 saturated heterocycles. The van der Waals surface area contributed by atoms with E-state index in [0.717, 1.165) is 50.7 Å². The van der Waals surface area contributed by atoms with Gasteiger partial charge >= 0.3 is 0 Å². The molecule has 1 amide bonds. The van der Waals surface area contributed by atoms with E-state index < -0.39 is 0 Å². The predicted molar refractivity (Wildman–Crippen MR) is 99.9 cm³/mol. The van der Waals surface area contributed by atoms with Crippen LogP contribution in [0.15, 0.2) is 12.1 Å². The molecule has 6 heteroatoms. The Kier molecular flexibility index (Phi) is 5.11. The quantitative estimate of drug-likeness (QED) is 0.826. The van der Waals surface area contributed by atoms with Gasteiger partial charge in [-0.1, -0.05) is 0 Å². The number of hydrogen-bond donors (Lipinski definition) is 0. The molecule has 3 fully saturated rings. The SMILES string of the molecule is Cc1ccc(N(C)[C@@H]2CC[C@@H]3CN(C(=O)CC4CCOCC4)C[C@@H]32)nn1. The minimum atomic E-state index is 0.350. The van der Waals surface area contributed by atoms with Gasteiger partial charge in [0.15, 0.2) is 5.82 Å². The van der Waals surface area contributed by atoms with E-state index in [4.69, 9.17) is 4.74 Å². The smallest absolute Gasteiger partial charge is 0.222 e. The number of carbonyl (C=O) groups excluding carboxylic acids is 1. The van der Waals surface area contributed by atoms with Crippen molar-refractivity contribution in [3.8, 4) is 0 Å². The summed E-state index contributed by atoms with van der Waals surface area (Å²) in [6, 6.07) is 4.53. The highest BCUT2D eigenvalue weighted by molar-refractivity contribution is 5.76. The number of anilines is 1. The summed E-state index contributed by atoms with van der Waals surface area (Å²) in [5, 5.41) is 8.55. The van der Waals surface area contributed by atoms with Gasteiger partial charge in [-0.15, -0.1) is 5.10 Å². The van der Waals surface area contributed by atoms with Crippen molar-refractivity contribution in [3.63, 3.8) is 0 Å². The molecule has 0 radical (unpaired) electrons. The summed E-state index contributed by atoms with van der Waals surface area (Å²) in [4.78, 5) is 17.2. The molecule has 0 N–H and O–H groups in total. The summed E-state index contributed by atoms with van der Waals surface area (Å²) in [5.41, 5.74) is 0.942. The molecule has 0 aromatic carbocycles. The number of carbonyl (C=O) groups is 1. The van der Waals surface area contributed by atoms with Crippen LogP contribution >= 0.6 is 0 Å². The van der Waals surface area contributed by atoms with E-state index in [9.17, 15) is 4.79 Å². The number of rotatable bonds is 4. The van der Waals surface area contributed by atoms with Gasteiger partial charge in [0.2, 0.25) is 5.91 Å². The molecule has 26 heavy (non-hydrogen) atoms. The molecule has 2 aliphatic heterocycles. The second-order valence-electron chi connectivity index (χ2n) is 8.27. The zero-order valence-corrected chi connectivity index (χ0v) is 15.9. The molecule has 1 aliphatic carbocycles. The van der Waals surface area contributed by atoms with Gasteiger partial charge < -0.3 is 14.5 Å². The normalized spacial score (nSPS) is 29.0. The Morgan fingerprint density at radius 2 is 2.00 bits per heavy atom. The van der Waals surface area contributed by atoms with E-state index in [-0.39, 0.29) is 0 Å². The van der Waals surface area contributed by atoms with Crippen molar-refractivity contribution in [3.05, 3.63) is 17.8 Å². The zero-order valence-electron chi connectivity index (χ0n) is 15.9. The molecule has 0 spiro atoms. The van der Waals surface area contributed by atoms with E-state index in [1.807, 2.05) is 13.0 Å². The number of hydrogen-bond acceptors (Lipinski definition) is 5. The third-order valence-corrected chi connectivity index (χ3v) is 6.62. The first-order valence-corrected chi connectivity index (χ1v) is 10.0. The van der Waals surface area contributed by atoms with E-state index in [0.29, 0.717) is 36.1 Å². The zero-order chi connectivity index (χ0) is 18.1. The fourth-order valence-electron chi connectivity index (χ4n) is 5.00. The Morgan fingerprint density at radius 3 is 2.73 bits per heavy atom.